The highest BCUT2D eigenvalue weighted by molar-refractivity contribution is 6.30. The molecule has 4 heterocycles. The Balaban J connectivity index is 1.48. The second-order valence-electron chi connectivity index (χ2n) is 8.70. The Morgan fingerprint density at radius 3 is 2.68 bits per heavy atom. The lowest BCUT2D eigenvalue weighted by Crippen LogP contribution is -2.48. The number of carbonyl (C=O) groups excluding carboxylic acids is 1. The molecule has 0 aromatic carbocycles. The molecular formula is C22H32ClN5O3. The molecule has 0 aliphatic carbocycles. The first-order chi connectivity index (χ1) is 14.9. The third-order valence-corrected chi connectivity index (χ3v) is 6.27. The van der Waals surface area contributed by atoms with Gasteiger partial charge in [0.1, 0.15) is 5.65 Å². The highest BCUT2D eigenvalue weighted by Crippen LogP contribution is 2.20. The fraction of sp³-hybridized carbons (Fsp3) is 0.636. The van der Waals surface area contributed by atoms with Gasteiger partial charge in [-0.2, -0.15) is 0 Å². The predicted octanol–water partition coefficient (Wildman–Crippen LogP) is 1.78. The maximum atomic E-state index is 13.4. The van der Waals surface area contributed by atoms with Gasteiger partial charge in [0.2, 0.25) is 0 Å². The molecule has 2 aromatic heterocycles. The zero-order chi connectivity index (χ0) is 22.0. The molecule has 0 unspecified atom stereocenters. The van der Waals surface area contributed by atoms with E-state index in [-0.39, 0.29) is 24.2 Å². The molecule has 0 spiro atoms. The van der Waals surface area contributed by atoms with Crippen LogP contribution in [0.25, 0.3) is 5.65 Å². The van der Waals surface area contributed by atoms with E-state index < -0.39 is 0 Å². The van der Waals surface area contributed by atoms with Gasteiger partial charge in [-0.3, -0.25) is 4.79 Å². The second kappa shape index (κ2) is 9.83. The SMILES string of the molecule is C[C@@H]1CN(C(=O)c2nc3ccc(Cl)cn3c2CNCCN2CCC(O)CC2)C[C@H](C)O1. The number of hydrogen-bond donors (Lipinski definition) is 2. The number of imidazole rings is 1. The molecule has 2 atom stereocenters. The topological polar surface area (TPSA) is 82.3 Å². The van der Waals surface area contributed by atoms with Gasteiger partial charge in [0.25, 0.3) is 5.91 Å². The second-order valence-corrected chi connectivity index (χ2v) is 9.14. The van der Waals surface area contributed by atoms with Crippen LogP contribution in [0, 0.1) is 0 Å². The van der Waals surface area contributed by atoms with Crippen LogP contribution in [-0.2, 0) is 11.3 Å². The van der Waals surface area contributed by atoms with Gasteiger partial charge in [-0.25, -0.2) is 4.98 Å². The van der Waals surface area contributed by atoms with E-state index in [1.54, 1.807) is 6.07 Å². The number of aliphatic hydroxyl groups is 1. The number of likely N-dealkylation sites (tertiary alicyclic amines) is 1. The minimum absolute atomic E-state index is 0.00353. The molecule has 2 N–H and O–H groups in total. The maximum Gasteiger partial charge on any atom is 0.274 e. The molecule has 170 valence electrons. The summed E-state index contributed by atoms with van der Waals surface area (Å²) in [6.07, 6.45) is 3.33. The fourth-order valence-electron chi connectivity index (χ4n) is 4.49. The number of aromatic nitrogens is 2. The van der Waals surface area contributed by atoms with Crippen LogP contribution >= 0.6 is 11.6 Å². The lowest BCUT2D eigenvalue weighted by molar-refractivity contribution is -0.0587. The molecule has 0 saturated carbocycles. The van der Waals surface area contributed by atoms with Gasteiger partial charge in [-0.15, -0.1) is 0 Å². The largest absolute Gasteiger partial charge is 0.393 e. The van der Waals surface area contributed by atoms with Crippen molar-refractivity contribution in [3.63, 3.8) is 0 Å². The Hall–Kier alpha value is -1.71. The van der Waals surface area contributed by atoms with Crippen LogP contribution in [0.1, 0.15) is 42.9 Å². The predicted molar refractivity (Wildman–Crippen MR) is 120 cm³/mol. The highest BCUT2D eigenvalue weighted by Gasteiger charge is 2.30. The third kappa shape index (κ3) is 5.38. The Morgan fingerprint density at radius 2 is 1.97 bits per heavy atom. The number of morpholine rings is 1. The van der Waals surface area contributed by atoms with E-state index in [1.807, 2.05) is 35.4 Å². The molecule has 8 nitrogen and oxygen atoms in total. The van der Waals surface area contributed by atoms with E-state index in [0.717, 1.165) is 44.7 Å². The maximum absolute atomic E-state index is 13.4. The van der Waals surface area contributed by atoms with E-state index in [0.29, 0.717) is 36.0 Å². The number of piperidine rings is 1. The lowest BCUT2D eigenvalue weighted by Gasteiger charge is -2.35. The average Bonchev–Trinajstić information content (AvgIpc) is 3.09. The van der Waals surface area contributed by atoms with Gasteiger partial charge in [0, 0.05) is 52.0 Å². The summed E-state index contributed by atoms with van der Waals surface area (Å²) in [6.45, 7) is 9.17. The minimum Gasteiger partial charge on any atom is -0.393 e. The van der Waals surface area contributed by atoms with Crippen LogP contribution in [-0.4, -0.2) is 87.8 Å². The molecule has 9 heteroatoms. The van der Waals surface area contributed by atoms with E-state index in [2.05, 4.69) is 15.2 Å². The van der Waals surface area contributed by atoms with Gasteiger partial charge in [0.15, 0.2) is 5.69 Å². The number of hydrogen-bond acceptors (Lipinski definition) is 6. The standard InChI is InChI=1S/C22H32ClN5O3/c1-15-12-27(13-16(2)31-15)22(30)21-19(28-14-17(23)3-4-20(28)25-21)11-24-7-10-26-8-5-18(29)6-9-26/h3-4,14-16,18,24,29H,5-13H2,1-2H3/t15-,16+. The Kier molecular flexibility index (Phi) is 7.13. The molecule has 0 bridgehead atoms. The molecule has 0 radical (unpaired) electrons. The summed E-state index contributed by atoms with van der Waals surface area (Å²) in [5.74, 6) is -0.0661. The Labute approximate surface area is 188 Å². The molecule has 2 aliphatic rings. The normalized spacial score (nSPS) is 23.5. The summed E-state index contributed by atoms with van der Waals surface area (Å²) in [4.78, 5) is 22.2. The van der Waals surface area contributed by atoms with Gasteiger partial charge < -0.3 is 29.4 Å². The van der Waals surface area contributed by atoms with Gasteiger partial charge in [-0.05, 0) is 38.8 Å². The van der Waals surface area contributed by atoms with Crippen LogP contribution < -0.4 is 5.32 Å². The van der Waals surface area contributed by atoms with Crippen molar-refractivity contribution in [2.45, 2.75) is 51.5 Å². The van der Waals surface area contributed by atoms with Crippen molar-refractivity contribution in [3.8, 4) is 0 Å². The van der Waals surface area contributed by atoms with Crippen LogP contribution in [0.2, 0.25) is 5.02 Å². The minimum atomic E-state index is -0.161. The van der Waals surface area contributed by atoms with Crippen molar-refractivity contribution >= 4 is 23.2 Å². The zero-order valence-electron chi connectivity index (χ0n) is 18.3. The first kappa shape index (κ1) is 22.5. The van der Waals surface area contributed by atoms with Gasteiger partial charge in [-0.1, -0.05) is 11.6 Å². The molecule has 2 saturated heterocycles. The van der Waals surface area contributed by atoms with Crippen molar-refractivity contribution < 1.29 is 14.6 Å². The Bertz CT molecular complexity index is 902. The van der Waals surface area contributed by atoms with Gasteiger partial charge in [0.05, 0.1) is 29.0 Å². The zero-order valence-corrected chi connectivity index (χ0v) is 19.0. The van der Waals surface area contributed by atoms with Gasteiger partial charge >= 0.3 is 0 Å². The summed E-state index contributed by atoms with van der Waals surface area (Å²) in [7, 11) is 0. The summed E-state index contributed by atoms with van der Waals surface area (Å²) < 4.78 is 7.69. The number of aliphatic hydroxyl groups excluding tert-OH is 1. The lowest BCUT2D eigenvalue weighted by atomic mass is 10.1. The van der Waals surface area contributed by atoms with Crippen molar-refractivity contribution in [1.29, 1.82) is 0 Å². The fourth-order valence-corrected chi connectivity index (χ4v) is 4.65. The summed E-state index contributed by atoms with van der Waals surface area (Å²) >= 11 is 6.23. The number of ether oxygens (including phenoxy) is 1. The van der Waals surface area contributed by atoms with E-state index in [4.69, 9.17) is 16.3 Å². The van der Waals surface area contributed by atoms with Crippen LogP contribution in [0.5, 0.6) is 0 Å². The number of fused-ring (bicyclic) bond motifs is 1. The molecule has 4 rings (SSSR count). The summed E-state index contributed by atoms with van der Waals surface area (Å²) in [5.41, 5.74) is 2.00. The number of halogens is 1. The number of nitrogens with one attached hydrogen (secondary N) is 1. The summed E-state index contributed by atoms with van der Waals surface area (Å²) in [6, 6.07) is 3.63. The number of amides is 1. The van der Waals surface area contributed by atoms with Crippen molar-refractivity contribution in [2.75, 3.05) is 39.3 Å². The summed E-state index contributed by atoms with van der Waals surface area (Å²) in [5, 5.41) is 13.7. The van der Waals surface area contributed by atoms with E-state index >= 15 is 0 Å². The molecule has 2 aromatic rings. The monoisotopic (exact) mass is 449 g/mol. The Morgan fingerprint density at radius 1 is 1.26 bits per heavy atom. The highest BCUT2D eigenvalue weighted by atomic mass is 35.5. The van der Waals surface area contributed by atoms with Crippen molar-refractivity contribution in [3.05, 3.63) is 34.7 Å². The number of carbonyl (C=O) groups is 1. The first-order valence-electron chi connectivity index (χ1n) is 11.1. The van der Waals surface area contributed by atoms with Crippen LogP contribution in [0.3, 0.4) is 0 Å². The molecule has 1 amide bonds. The molecule has 2 fully saturated rings. The first-order valence-corrected chi connectivity index (χ1v) is 11.5. The molecule has 31 heavy (non-hydrogen) atoms. The van der Waals surface area contributed by atoms with E-state index in [9.17, 15) is 9.90 Å². The smallest absolute Gasteiger partial charge is 0.274 e. The number of nitrogens with zero attached hydrogens (tertiary/aromatic N) is 4. The third-order valence-electron chi connectivity index (χ3n) is 6.05. The van der Waals surface area contributed by atoms with Crippen LogP contribution in [0.4, 0.5) is 0 Å². The number of pyridine rings is 1. The molecule has 2 aliphatic heterocycles. The molecular weight excluding hydrogens is 418 g/mol. The quantitative estimate of drug-likeness (QED) is 0.654. The average molecular weight is 450 g/mol. The van der Waals surface area contributed by atoms with Crippen LogP contribution in [0.15, 0.2) is 18.3 Å². The van der Waals surface area contributed by atoms with Crippen molar-refractivity contribution in [1.82, 2.24) is 24.5 Å². The number of rotatable bonds is 6. The van der Waals surface area contributed by atoms with E-state index in [1.165, 1.54) is 0 Å². The van der Waals surface area contributed by atoms with Crippen molar-refractivity contribution in [2.24, 2.45) is 0 Å².